The number of aromatic amines is 1. The van der Waals surface area contributed by atoms with Crippen molar-refractivity contribution in [3.05, 3.63) is 24.0 Å². The molecule has 1 aliphatic rings. The number of β-amino-alcohol motifs (C(OH)–C–C–N with tert-alkyl or cyclic N) is 1. The number of nitrogens with zero attached hydrogens (tertiary/aromatic N) is 1. The van der Waals surface area contributed by atoms with E-state index in [9.17, 15) is 14.7 Å². The predicted octanol–water partition coefficient (Wildman–Crippen LogP) is -0.325. The van der Waals surface area contributed by atoms with Crippen LogP contribution < -0.4 is 0 Å². The van der Waals surface area contributed by atoms with E-state index in [1.165, 1.54) is 4.90 Å². The van der Waals surface area contributed by atoms with Crippen molar-refractivity contribution in [2.24, 2.45) is 0 Å². The van der Waals surface area contributed by atoms with Crippen molar-refractivity contribution in [2.45, 2.75) is 18.6 Å². The van der Waals surface area contributed by atoms with E-state index in [1.54, 1.807) is 18.3 Å². The van der Waals surface area contributed by atoms with Crippen molar-refractivity contribution in [2.75, 3.05) is 6.54 Å². The molecular weight excluding hydrogens is 212 g/mol. The Morgan fingerprint density at radius 1 is 1.50 bits per heavy atom. The fourth-order valence-corrected chi connectivity index (χ4v) is 1.89. The monoisotopic (exact) mass is 224 g/mol. The van der Waals surface area contributed by atoms with Gasteiger partial charge in [-0.2, -0.15) is 0 Å². The first-order valence-electron chi connectivity index (χ1n) is 4.95. The summed E-state index contributed by atoms with van der Waals surface area (Å²) in [5.74, 6) is -1.48. The van der Waals surface area contributed by atoms with Gasteiger partial charge in [0.25, 0.3) is 5.91 Å². The van der Waals surface area contributed by atoms with Crippen molar-refractivity contribution < 1.29 is 19.8 Å². The molecule has 2 heterocycles. The van der Waals surface area contributed by atoms with E-state index in [4.69, 9.17) is 5.11 Å². The predicted molar refractivity (Wildman–Crippen MR) is 53.9 cm³/mol. The molecule has 1 aliphatic heterocycles. The third kappa shape index (κ3) is 1.79. The number of hydrogen-bond acceptors (Lipinski definition) is 3. The van der Waals surface area contributed by atoms with E-state index in [1.807, 2.05) is 0 Å². The van der Waals surface area contributed by atoms with Crippen LogP contribution in [0.15, 0.2) is 18.3 Å². The van der Waals surface area contributed by atoms with Gasteiger partial charge in [0.15, 0.2) is 0 Å². The molecule has 0 aromatic carbocycles. The van der Waals surface area contributed by atoms with Crippen LogP contribution in [0.25, 0.3) is 0 Å². The second-order valence-electron chi connectivity index (χ2n) is 3.78. The van der Waals surface area contributed by atoms with Crippen LogP contribution >= 0.6 is 0 Å². The SMILES string of the molecule is O=C(O)[C@H]1C[C@@H](O)CN1C(=O)c1ccc[nH]1. The van der Waals surface area contributed by atoms with Crippen LogP contribution in [-0.2, 0) is 4.79 Å². The van der Waals surface area contributed by atoms with Crippen LogP contribution in [0.4, 0.5) is 0 Å². The zero-order chi connectivity index (χ0) is 11.7. The summed E-state index contributed by atoms with van der Waals surface area (Å²) in [6.07, 6.45) is 0.914. The first kappa shape index (κ1) is 10.7. The highest BCUT2D eigenvalue weighted by Crippen LogP contribution is 2.20. The Morgan fingerprint density at radius 3 is 2.81 bits per heavy atom. The molecule has 2 rings (SSSR count). The number of amides is 1. The highest BCUT2D eigenvalue weighted by atomic mass is 16.4. The fraction of sp³-hybridized carbons (Fsp3) is 0.400. The first-order chi connectivity index (χ1) is 7.59. The average molecular weight is 224 g/mol. The van der Waals surface area contributed by atoms with Crippen LogP contribution in [0, 0.1) is 0 Å². The number of likely N-dealkylation sites (tertiary alicyclic amines) is 1. The minimum Gasteiger partial charge on any atom is -0.480 e. The summed E-state index contributed by atoms with van der Waals surface area (Å²) in [5.41, 5.74) is 0.334. The number of rotatable bonds is 2. The van der Waals surface area contributed by atoms with Crippen LogP contribution in [-0.4, -0.2) is 50.7 Å². The lowest BCUT2D eigenvalue weighted by Gasteiger charge is -2.20. The van der Waals surface area contributed by atoms with Gasteiger partial charge >= 0.3 is 5.97 Å². The molecule has 86 valence electrons. The molecule has 0 spiro atoms. The Balaban J connectivity index is 2.20. The second-order valence-corrected chi connectivity index (χ2v) is 3.78. The number of carboxylic acids is 1. The van der Waals surface area contributed by atoms with Crippen LogP contribution in [0.3, 0.4) is 0 Å². The Kier molecular flexibility index (Phi) is 2.66. The number of nitrogens with one attached hydrogen (secondary N) is 1. The molecule has 3 N–H and O–H groups in total. The molecule has 1 fully saturated rings. The van der Waals surface area contributed by atoms with E-state index in [2.05, 4.69) is 4.98 Å². The maximum atomic E-state index is 11.9. The number of aliphatic hydroxyl groups is 1. The molecule has 16 heavy (non-hydrogen) atoms. The van der Waals surface area contributed by atoms with Gasteiger partial charge in [-0.15, -0.1) is 0 Å². The quantitative estimate of drug-likeness (QED) is 0.641. The summed E-state index contributed by atoms with van der Waals surface area (Å²) in [5, 5.41) is 18.3. The van der Waals surface area contributed by atoms with Crippen LogP contribution in [0.2, 0.25) is 0 Å². The van der Waals surface area contributed by atoms with E-state index < -0.39 is 24.0 Å². The highest BCUT2D eigenvalue weighted by molar-refractivity contribution is 5.95. The van der Waals surface area contributed by atoms with Gasteiger partial charge in [-0.25, -0.2) is 4.79 Å². The van der Waals surface area contributed by atoms with Gasteiger partial charge in [-0.05, 0) is 12.1 Å². The van der Waals surface area contributed by atoms with Crippen molar-refractivity contribution in [3.8, 4) is 0 Å². The summed E-state index contributed by atoms with van der Waals surface area (Å²) in [6.45, 7) is 0.0643. The molecular formula is C10H12N2O4. The third-order valence-electron chi connectivity index (χ3n) is 2.65. The molecule has 1 aromatic heterocycles. The van der Waals surface area contributed by atoms with Gasteiger partial charge in [0.1, 0.15) is 11.7 Å². The standard InChI is InChI=1S/C10H12N2O4/c13-6-4-8(10(15)16)12(5-6)9(14)7-2-1-3-11-7/h1-3,6,8,11,13H,4-5H2,(H,15,16)/t6-,8-/m1/s1. The number of hydrogen-bond donors (Lipinski definition) is 3. The number of aromatic nitrogens is 1. The molecule has 1 saturated heterocycles. The molecule has 1 amide bonds. The highest BCUT2D eigenvalue weighted by Gasteiger charge is 2.39. The van der Waals surface area contributed by atoms with Crippen LogP contribution in [0.1, 0.15) is 16.9 Å². The topological polar surface area (TPSA) is 93.6 Å². The Bertz CT molecular complexity index is 401. The number of carboxylic acid groups (broad SMARTS) is 1. The van der Waals surface area contributed by atoms with E-state index >= 15 is 0 Å². The molecule has 0 aliphatic carbocycles. The minimum atomic E-state index is -1.09. The lowest BCUT2D eigenvalue weighted by atomic mass is 10.2. The first-order valence-corrected chi connectivity index (χ1v) is 4.95. The second kappa shape index (κ2) is 3.97. The summed E-state index contributed by atoms with van der Waals surface area (Å²) in [4.78, 5) is 26.7. The number of H-pyrrole nitrogens is 1. The lowest BCUT2D eigenvalue weighted by molar-refractivity contribution is -0.141. The normalized spacial score (nSPS) is 24.7. The number of carbonyl (C=O) groups excluding carboxylic acids is 1. The van der Waals surface area contributed by atoms with E-state index in [0.29, 0.717) is 5.69 Å². The minimum absolute atomic E-state index is 0.0643. The van der Waals surface area contributed by atoms with Gasteiger partial charge in [0.2, 0.25) is 0 Å². The van der Waals surface area contributed by atoms with E-state index in [0.717, 1.165) is 0 Å². The van der Waals surface area contributed by atoms with Gasteiger partial charge < -0.3 is 20.1 Å². The van der Waals surface area contributed by atoms with Gasteiger partial charge in [-0.1, -0.05) is 0 Å². The maximum absolute atomic E-state index is 11.9. The van der Waals surface area contributed by atoms with E-state index in [-0.39, 0.29) is 13.0 Å². The summed E-state index contributed by atoms with van der Waals surface area (Å²) < 4.78 is 0. The molecule has 6 nitrogen and oxygen atoms in total. The Labute approximate surface area is 91.5 Å². The van der Waals surface area contributed by atoms with Gasteiger partial charge in [-0.3, -0.25) is 4.79 Å². The molecule has 0 radical (unpaired) electrons. The summed E-state index contributed by atoms with van der Waals surface area (Å²) in [6, 6.07) is 2.30. The smallest absolute Gasteiger partial charge is 0.326 e. The number of aliphatic carboxylic acids is 1. The Hall–Kier alpha value is -1.82. The van der Waals surface area contributed by atoms with Crippen molar-refractivity contribution in [1.29, 1.82) is 0 Å². The Morgan fingerprint density at radius 2 is 2.25 bits per heavy atom. The summed E-state index contributed by atoms with van der Waals surface area (Å²) >= 11 is 0. The zero-order valence-electron chi connectivity index (χ0n) is 8.46. The van der Waals surface area contributed by atoms with Gasteiger partial charge in [0, 0.05) is 19.2 Å². The third-order valence-corrected chi connectivity index (χ3v) is 2.65. The lowest BCUT2D eigenvalue weighted by Crippen LogP contribution is -2.40. The fourth-order valence-electron chi connectivity index (χ4n) is 1.89. The molecule has 0 unspecified atom stereocenters. The van der Waals surface area contributed by atoms with Crippen molar-refractivity contribution in [3.63, 3.8) is 0 Å². The van der Waals surface area contributed by atoms with Crippen molar-refractivity contribution >= 4 is 11.9 Å². The largest absolute Gasteiger partial charge is 0.480 e. The number of aliphatic hydroxyl groups excluding tert-OH is 1. The molecule has 1 aromatic rings. The molecule has 2 atom stereocenters. The molecule has 6 heteroatoms. The number of carbonyl (C=O) groups is 2. The average Bonchev–Trinajstić information content (AvgIpc) is 2.84. The van der Waals surface area contributed by atoms with Crippen molar-refractivity contribution in [1.82, 2.24) is 9.88 Å². The summed E-state index contributed by atoms with van der Waals surface area (Å²) in [7, 11) is 0. The maximum Gasteiger partial charge on any atom is 0.326 e. The molecule has 0 bridgehead atoms. The van der Waals surface area contributed by atoms with Crippen LogP contribution in [0.5, 0.6) is 0 Å². The molecule has 0 saturated carbocycles. The zero-order valence-corrected chi connectivity index (χ0v) is 8.46. The van der Waals surface area contributed by atoms with Gasteiger partial charge in [0.05, 0.1) is 6.10 Å².